The van der Waals surface area contributed by atoms with E-state index in [2.05, 4.69) is 38.0 Å². The Bertz CT molecular complexity index is 450. The van der Waals surface area contributed by atoms with Crippen molar-refractivity contribution in [3.05, 3.63) is 20.8 Å². The third-order valence-electron chi connectivity index (χ3n) is 4.06. The standard InChI is InChI=1S/C14H19BrN2OS/c15-9-5-13(19-8-9)3-4-14(18)17-12-6-10-1-2-11(7-12)16-10/h5,8,10-12,16H,1-4,6-7H2,(H,17,18). The number of carbonyl (C=O) groups excluding carboxylic acids is 1. The van der Waals surface area contributed by atoms with E-state index in [0.717, 1.165) is 23.7 Å². The van der Waals surface area contributed by atoms with Gasteiger partial charge in [-0.2, -0.15) is 0 Å². The highest BCUT2D eigenvalue weighted by Gasteiger charge is 2.33. The normalized spacial score (nSPS) is 29.4. The quantitative estimate of drug-likeness (QED) is 0.883. The first-order valence-electron chi connectivity index (χ1n) is 6.97. The Hall–Kier alpha value is -0.390. The molecule has 2 saturated heterocycles. The van der Waals surface area contributed by atoms with E-state index in [9.17, 15) is 4.79 Å². The van der Waals surface area contributed by atoms with Gasteiger partial charge in [-0.15, -0.1) is 11.3 Å². The summed E-state index contributed by atoms with van der Waals surface area (Å²) in [4.78, 5) is 13.3. The van der Waals surface area contributed by atoms with Gasteiger partial charge in [-0.25, -0.2) is 0 Å². The smallest absolute Gasteiger partial charge is 0.220 e. The monoisotopic (exact) mass is 342 g/mol. The van der Waals surface area contributed by atoms with Crippen LogP contribution in [0.25, 0.3) is 0 Å². The lowest BCUT2D eigenvalue weighted by Gasteiger charge is -2.29. The number of carbonyl (C=O) groups is 1. The summed E-state index contributed by atoms with van der Waals surface area (Å²) < 4.78 is 1.11. The van der Waals surface area contributed by atoms with Crippen molar-refractivity contribution in [2.45, 2.75) is 56.7 Å². The van der Waals surface area contributed by atoms with Gasteiger partial charge in [0.25, 0.3) is 0 Å². The second-order valence-corrected chi connectivity index (χ2v) is 7.52. The molecule has 3 heterocycles. The highest BCUT2D eigenvalue weighted by Crippen LogP contribution is 2.27. The fourth-order valence-corrected chi connectivity index (χ4v) is 4.65. The number of thiophene rings is 1. The van der Waals surface area contributed by atoms with E-state index in [0.29, 0.717) is 24.5 Å². The minimum Gasteiger partial charge on any atom is -0.353 e. The minimum atomic E-state index is 0.204. The van der Waals surface area contributed by atoms with Gasteiger partial charge in [0.15, 0.2) is 0 Å². The van der Waals surface area contributed by atoms with Crippen molar-refractivity contribution < 1.29 is 4.79 Å². The average Bonchev–Trinajstić information content (AvgIpc) is 2.93. The van der Waals surface area contributed by atoms with Crippen molar-refractivity contribution in [3.63, 3.8) is 0 Å². The molecule has 2 aliphatic rings. The van der Waals surface area contributed by atoms with Crippen molar-refractivity contribution >= 4 is 33.2 Å². The van der Waals surface area contributed by atoms with Crippen molar-refractivity contribution in [3.8, 4) is 0 Å². The van der Waals surface area contributed by atoms with Crippen LogP contribution in [0.4, 0.5) is 0 Å². The highest BCUT2D eigenvalue weighted by molar-refractivity contribution is 9.10. The lowest BCUT2D eigenvalue weighted by atomic mass is 9.99. The van der Waals surface area contributed by atoms with Gasteiger partial charge < -0.3 is 10.6 Å². The van der Waals surface area contributed by atoms with E-state index in [1.807, 2.05) is 0 Å². The summed E-state index contributed by atoms with van der Waals surface area (Å²) >= 11 is 5.15. The zero-order valence-corrected chi connectivity index (χ0v) is 13.2. The molecule has 1 aromatic rings. The molecular weight excluding hydrogens is 324 g/mol. The Morgan fingerprint density at radius 1 is 1.42 bits per heavy atom. The van der Waals surface area contributed by atoms with Crippen molar-refractivity contribution in [2.24, 2.45) is 0 Å². The van der Waals surface area contributed by atoms with Gasteiger partial charge in [0, 0.05) is 39.3 Å². The van der Waals surface area contributed by atoms with Gasteiger partial charge in [-0.05, 0) is 54.1 Å². The van der Waals surface area contributed by atoms with Crippen LogP contribution < -0.4 is 10.6 Å². The molecule has 2 bridgehead atoms. The lowest BCUT2D eigenvalue weighted by Crippen LogP contribution is -2.48. The van der Waals surface area contributed by atoms with Gasteiger partial charge >= 0.3 is 0 Å². The zero-order chi connectivity index (χ0) is 13.2. The van der Waals surface area contributed by atoms with Crippen molar-refractivity contribution in [1.82, 2.24) is 10.6 Å². The van der Waals surface area contributed by atoms with E-state index in [1.165, 1.54) is 17.7 Å². The summed E-state index contributed by atoms with van der Waals surface area (Å²) in [5, 5.41) is 8.88. The Morgan fingerprint density at radius 2 is 2.16 bits per heavy atom. The molecule has 2 N–H and O–H groups in total. The molecule has 19 heavy (non-hydrogen) atoms. The molecule has 2 unspecified atom stereocenters. The maximum absolute atomic E-state index is 12.0. The molecule has 2 atom stereocenters. The first kappa shape index (κ1) is 13.6. The largest absolute Gasteiger partial charge is 0.353 e. The van der Waals surface area contributed by atoms with Crippen LogP contribution in [0.1, 0.15) is 37.0 Å². The Balaban J connectivity index is 1.44. The first-order valence-corrected chi connectivity index (χ1v) is 8.64. The average molecular weight is 343 g/mol. The van der Waals surface area contributed by atoms with Crippen LogP contribution in [0.15, 0.2) is 15.9 Å². The SMILES string of the molecule is O=C(CCc1cc(Br)cs1)NC1CC2CCC(C1)N2. The summed E-state index contributed by atoms with van der Waals surface area (Å²) in [5.41, 5.74) is 0. The number of piperidine rings is 1. The topological polar surface area (TPSA) is 41.1 Å². The van der Waals surface area contributed by atoms with Crippen LogP contribution in [0.3, 0.4) is 0 Å². The van der Waals surface area contributed by atoms with Crippen LogP contribution in [0.5, 0.6) is 0 Å². The second-order valence-electron chi connectivity index (χ2n) is 5.60. The maximum Gasteiger partial charge on any atom is 0.220 e. The van der Waals surface area contributed by atoms with Crippen LogP contribution in [0.2, 0.25) is 0 Å². The molecule has 2 aliphatic heterocycles. The van der Waals surface area contributed by atoms with E-state index in [4.69, 9.17) is 0 Å². The van der Waals surface area contributed by atoms with E-state index in [-0.39, 0.29) is 5.91 Å². The molecule has 3 rings (SSSR count). The zero-order valence-electron chi connectivity index (χ0n) is 10.8. The Kier molecular flexibility index (Phi) is 4.24. The predicted octanol–water partition coefficient (Wildman–Crippen LogP) is 2.84. The number of aryl methyl sites for hydroxylation is 1. The van der Waals surface area contributed by atoms with E-state index < -0.39 is 0 Å². The lowest BCUT2D eigenvalue weighted by molar-refractivity contribution is -0.122. The molecular formula is C14H19BrN2OS. The number of hydrogen-bond donors (Lipinski definition) is 2. The maximum atomic E-state index is 12.0. The third kappa shape index (κ3) is 3.58. The summed E-state index contributed by atoms with van der Waals surface area (Å²) in [6.45, 7) is 0. The molecule has 5 heteroatoms. The highest BCUT2D eigenvalue weighted by atomic mass is 79.9. The molecule has 0 aromatic carbocycles. The summed E-state index contributed by atoms with van der Waals surface area (Å²) in [7, 11) is 0. The van der Waals surface area contributed by atoms with Crippen molar-refractivity contribution in [1.29, 1.82) is 0 Å². The molecule has 0 aliphatic carbocycles. The predicted molar refractivity (Wildman–Crippen MR) is 81.5 cm³/mol. The van der Waals surface area contributed by atoms with Crippen LogP contribution in [0, 0.1) is 0 Å². The molecule has 2 fully saturated rings. The number of rotatable bonds is 4. The van der Waals surface area contributed by atoms with Gasteiger partial charge in [0.05, 0.1) is 0 Å². The number of halogens is 1. The molecule has 1 aromatic heterocycles. The number of hydrogen-bond acceptors (Lipinski definition) is 3. The fraction of sp³-hybridized carbons (Fsp3) is 0.643. The van der Waals surface area contributed by atoms with E-state index in [1.54, 1.807) is 11.3 Å². The van der Waals surface area contributed by atoms with Gasteiger partial charge in [0.2, 0.25) is 5.91 Å². The fourth-order valence-electron chi connectivity index (χ4n) is 3.20. The Labute approximate surface area is 126 Å². The van der Waals surface area contributed by atoms with Crippen LogP contribution in [-0.2, 0) is 11.2 Å². The summed E-state index contributed by atoms with van der Waals surface area (Å²) in [6, 6.07) is 3.76. The number of fused-ring (bicyclic) bond motifs is 2. The number of amides is 1. The van der Waals surface area contributed by atoms with Gasteiger partial charge in [-0.1, -0.05) is 0 Å². The summed E-state index contributed by atoms with van der Waals surface area (Å²) in [5.74, 6) is 0.204. The third-order valence-corrected chi connectivity index (χ3v) is 5.82. The molecule has 3 nitrogen and oxygen atoms in total. The molecule has 0 spiro atoms. The minimum absolute atomic E-state index is 0.204. The summed E-state index contributed by atoms with van der Waals surface area (Å²) in [6.07, 6.45) is 6.21. The van der Waals surface area contributed by atoms with Crippen LogP contribution >= 0.6 is 27.3 Å². The Morgan fingerprint density at radius 3 is 2.79 bits per heavy atom. The molecule has 1 amide bonds. The molecule has 0 saturated carbocycles. The molecule has 0 radical (unpaired) electrons. The number of nitrogens with one attached hydrogen (secondary N) is 2. The van der Waals surface area contributed by atoms with E-state index >= 15 is 0 Å². The second kappa shape index (κ2) is 5.94. The molecule has 104 valence electrons. The van der Waals surface area contributed by atoms with Gasteiger partial charge in [0.1, 0.15) is 0 Å². The van der Waals surface area contributed by atoms with Crippen molar-refractivity contribution in [2.75, 3.05) is 0 Å². The first-order chi connectivity index (χ1) is 9.19. The van der Waals surface area contributed by atoms with Crippen LogP contribution in [-0.4, -0.2) is 24.0 Å². The van der Waals surface area contributed by atoms with Gasteiger partial charge in [-0.3, -0.25) is 4.79 Å².